The molecule has 8 heteroatoms. The van der Waals surface area contributed by atoms with Crippen molar-refractivity contribution in [2.45, 2.75) is 25.7 Å². The van der Waals surface area contributed by atoms with Gasteiger partial charge < -0.3 is 14.5 Å². The van der Waals surface area contributed by atoms with Crippen molar-refractivity contribution in [2.24, 2.45) is 4.99 Å². The van der Waals surface area contributed by atoms with Gasteiger partial charge in [0.1, 0.15) is 0 Å². The molecule has 1 aromatic rings. The van der Waals surface area contributed by atoms with Gasteiger partial charge in [-0.1, -0.05) is 28.1 Å². The summed E-state index contributed by atoms with van der Waals surface area (Å²) in [4.78, 5) is 34.4. The average Bonchev–Trinajstić information content (AvgIpc) is 2.87. The first-order valence-corrected chi connectivity index (χ1v) is 8.49. The number of amidine groups is 1. The molecule has 1 aromatic carbocycles. The number of benzene rings is 1. The zero-order chi connectivity index (χ0) is 17.4. The van der Waals surface area contributed by atoms with Crippen LogP contribution < -0.4 is 0 Å². The minimum absolute atomic E-state index is 0.225. The van der Waals surface area contributed by atoms with Gasteiger partial charge in [0.25, 0.3) is 11.9 Å². The fraction of sp³-hybridized carbons (Fsp3) is 0.438. The van der Waals surface area contributed by atoms with E-state index < -0.39 is 12.2 Å². The summed E-state index contributed by atoms with van der Waals surface area (Å²) in [5.41, 5.74) is 0.879. The number of aliphatic imine (C=N–C) groups is 1. The van der Waals surface area contributed by atoms with Crippen LogP contribution in [0.3, 0.4) is 0 Å². The first-order valence-electron chi connectivity index (χ1n) is 7.70. The molecule has 2 atom stereocenters. The van der Waals surface area contributed by atoms with E-state index in [0.717, 1.165) is 10.0 Å². The maximum absolute atomic E-state index is 12.9. The molecule has 0 N–H and O–H groups in total. The van der Waals surface area contributed by atoms with Gasteiger partial charge in [-0.2, -0.15) is 0 Å². The number of carbonyl (C=O) groups is 2. The van der Waals surface area contributed by atoms with Gasteiger partial charge in [0.2, 0.25) is 0 Å². The summed E-state index contributed by atoms with van der Waals surface area (Å²) < 4.78 is 6.37. The van der Waals surface area contributed by atoms with E-state index in [9.17, 15) is 9.59 Å². The number of hydrogen-bond donors (Lipinski definition) is 0. The third-order valence-electron chi connectivity index (χ3n) is 4.20. The van der Waals surface area contributed by atoms with Crippen molar-refractivity contribution in [2.75, 3.05) is 20.7 Å². The zero-order valence-electron chi connectivity index (χ0n) is 13.8. The lowest BCUT2D eigenvalue weighted by atomic mass is 10.1. The number of rotatable bonds is 3. The minimum Gasteiger partial charge on any atom is -0.465 e. The summed E-state index contributed by atoms with van der Waals surface area (Å²) in [5, 5.41) is 0. The molecular formula is C16H19BrN4O3. The molecule has 0 bridgehead atoms. The van der Waals surface area contributed by atoms with Crippen LogP contribution in [0.25, 0.3) is 0 Å². The lowest BCUT2D eigenvalue weighted by Crippen LogP contribution is -2.64. The average molecular weight is 395 g/mol. The normalized spacial score (nSPS) is 23.5. The molecule has 3 amide bonds. The summed E-state index contributed by atoms with van der Waals surface area (Å²) >= 11 is 3.41. The maximum atomic E-state index is 12.9. The van der Waals surface area contributed by atoms with Crippen molar-refractivity contribution < 1.29 is 14.3 Å². The molecule has 0 aromatic heterocycles. The van der Waals surface area contributed by atoms with Crippen LogP contribution in [-0.2, 0) is 16.1 Å². The number of amides is 3. The van der Waals surface area contributed by atoms with E-state index >= 15 is 0 Å². The van der Waals surface area contributed by atoms with Crippen LogP contribution in [0.5, 0.6) is 0 Å². The van der Waals surface area contributed by atoms with Gasteiger partial charge >= 0.3 is 6.03 Å². The Bertz CT molecular complexity index is 708. The maximum Gasteiger partial charge on any atom is 0.328 e. The fourth-order valence-electron chi connectivity index (χ4n) is 2.97. The molecular weight excluding hydrogens is 376 g/mol. The molecule has 128 valence electrons. The number of halogens is 1. The largest absolute Gasteiger partial charge is 0.465 e. The van der Waals surface area contributed by atoms with Crippen molar-refractivity contribution in [3.63, 3.8) is 0 Å². The van der Waals surface area contributed by atoms with Crippen LogP contribution in [0.15, 0.2) is 33.7 Å². The molecule has 2 heterocycles. The van der Waals surface area contributed by atoms with Gasteiger partial charge in [-0.05, 0) is 24.6 Å². The molecule has 0 spiro atoms. The SMILES string of the molecule is CCOC1=NC2C(C(=O)N(Cc3cccc(Br)c3)C(=O)N2C)N1C. The number of nitrogens with zero attached hydrogens (tertiary/aromatic N) is 4. The molecule has 2 aliphatic heterocycles. The second kappa shape index (κ2) is 6.43. The third-order valence-corrected chi connectivity index (χ3v) is 4.69. The zero-order valence-corrected chi connectivity index (χ0v) is 15.4. The van der Waals surface area contributed by atoms with Gasteiger partial charge in [0.15, 0.2) is 12.2 Å². The van der Waals surface area contributed by atoms with E-state index in [2.05, 4.69) is 20.9 Å². The van der Waals surface area contributed by atoms with E-state index in [0.29, 0.717) is 12.6 Å². The molecule has 3 rings (SSSR count). The van der Waals surface area contributed by atoms with Crippen LogP contribution >= 0.6 is 15.9 Å². The summed E-state index contributed by atoms with van der Waals surface area (Å²) in [6.07, 6.45) is -0.546. The Kier molecular flexibility index (Phi) is 4.49. The van der Waals surface area contributed by atoms with Gasteiger partial charge in [-0.3, -0.25) is 9.69 Å². The van der Waals surface area contributed by atoms with Gasteiger partial charge in [-0.15, -0.1) is 0 Å². The van der Waals surface area contributed by atoms with E-state index in [1.165, 1.54) is 9.80 Å². The monoisotopic (exact) mass is 394 g/mol. The molecule has 2 aliphatic rings. The Balaban J connectivity index is 1.87. The Morgan fingerprint density at radius 1 is 1.25 bits per heavy atom. The van der Waals surface area contributed by atoms with Crippen molar-refractivity contribution in [3.8, 4) is 0 Å². The fourth-order valence-corrected chi connectivity index (χ4v) is 3.42. The van der Waals surface area contributed by atoms with Crippen LogP contribution in [0.1, 0.15) is 12.5 Å². The lowest BCUT2D eigenvalue weighted by molar-refractivity contribution is -0.137. The Labute approximate surface area is 149 Å². The molecule has 1 fully saturated rings. The molecule has 0 aliphatic carbocycles. The molecule has 0 saturated carbocycles. The topological polar surface area (TPSA) is 65.5 Å². The molecule has 24 heavy (non-hydrogen) atoms. The highest BCUT2D eigenvalue weighted by Crippen LogP contribution is 2.28. The molecule has 0 radical (unpaired) electrons. The number of fused-ring (bicyclic) bond motifs is 1. The quantitative estimate of drug-likeness (QED) is 0.784. The van der Waals surface area contributed by atoms with E-state index in [1.807, 2.05) is 31.2 Å². The Morgan fingerprint density at radius 3 is 2.67 bits per heavy atom. The highest BCUT2D eigenvalue weighted by molar-refractivity contribution is 9.10. The molecule has 2 unspecified atom stereocenters. The first-order chi connectivity index (χ1) is 11.4. The van der Waals surface area contributed by atoms with E-state index in [-0.39, 0.29) is 18.5 Å². The summed E-state index contributed by atoms with van der Waals surface area (Å²) in [7, 11) is 3.42. The Morgan fingerprint density at radius 2 is 2.00 bits per heavy atom. The van der Waals surface area contributed by atoms with Gasteiger partial charge in [0, 0.05) is 18.6 Å². The van der Waals surface area contributed by atoms with Crippen molar-refractivity contribution in [3.05, 3.63) is 34.3 Å². The summed E-state index contributed by atoms with van der Waals surface area (Å²) in [5.74, 6) is -0.260. The van der Waals surface area contributed by atoms with Crippen LogP contribution in [-0.4, -0.2) is 65.6 Å². The van der Waals surface area contributed by atoms with Crippen molar-refractivity contribution in [1.29, 1.82) is 0 Å². The number of carbonyl (C=O) groups excluding carboxylic acids is 2. The predicted octanol–water partition coefficient (Wildman–Crippen LogP) is 1.88. The molecule has 7 nitrogen and oxygen atoms in total. The number of urea groups is 1. The van der Waals surface area contributed by atoms with Gasteiger partial charge in [-0.25, -0.2) is 9.79 Å². The smallest absolute Gasteiger partial charge is 0.328 e. The number of imide groups is 1. The van der Waals surface area contributed by atoms with Gasteiger partial charge in [0.05, 0.1) is 13.2 Å². The highest BCUT2D eigenvalue weighted by Gasteiger charge is 2.51. The van der Waals surface area contributed by atoms with Crippen molar-refractivity contribution >= 4 is 33.9 Å². The lowest BCUT2D eigenvalue weighted by Gasteiger charge is -2.40. The Hall–Kier alpha value is -2.09. The predicted molar refractivity (Wildman–Crippen MR) is 92.3 cm³/mol. The van der Waals surface area contributed by atoms with Crippen LogP contribution in [0.4, 0.5) is 4.79 Å². The second-order valence-corrected chi connectivity index (χ2v) is 6.68. The summed E-state index contributed by atoms with van der Waals surface area (Å²) in [6.45, 7) is 2.54. The van der Waals surface area contributed by atoms with E-state index in [4.69, 9.17) is 4.74 Å². The standard InChI is InChI=1S/C16H19BrN4O3/c1-4-24-15-18-13-12(19(15)2)14(22)21(16(23)20(13)3)9-10-6-5-7-11(17)8-10/h5-8,12-13H,4,9H2,1-3H3. The van der Waals surface area contributed by atoms with Crippen LogP contribution in [0, 0.1) is 0 Å². The van der Waals surface area contributed by atoms with Crippen molar-refractivity contribution in [1.82, 2.24) is 14.7 Å². The highest BCUT2D eigenvalue weighted by atomic mass is 79.9. The first kappa shape index (κ1) is 16.8. The number of likely N-dealkylation sites (N-methyl/N-ethyl adjacent to an activating group) is 2. The van der Waals surface area contributed by atoms with E-state index in [1.54, 1.807) is 19.0 Å². The number of ether oxygens (including phenoxy) is 1. The third kappa shape index (κ3) is 2.75. The summed E-state index contributed by atoms with van der Waals surface area (Å²) in [6, 6.07) is 7.05. The number of hydrogen-bond acceptors (Lipinski definition) is 5. The van der Waals surface area contributed by atoms with Crippen LogP contribution in [0.2, 0.25) is 0 Å². The molecule has 1 saturated heterocycles. The minimum atomic E-state index is -0.554. The second-order valence-electron chi connectivity index (χ2n) is 5.76.